The Morgan fingerprint density at radius 2 is 2.03 bits per heavy atom. The Bertz CT molecular complexity index is 1410. The summed E-state index contributed by atoms with van der Waals surface area (Å²) in [6.07, 6.45) is 2.69. The van der Waals surface area contributed by atoms with Gasteiger partial charge in [0.2, 0.25) is 11.8 Å². The maximum Gasteiger partial charge on any atom is 0.234 e. The van der Waals surface area contributed by atoms with E-state index in [1.807, 2.05) is 32.9 Å². The number of ether oxygens (including phenoxy) is 1. The molecule has 2 saturated heterocycles. The number of likely N-dealkylation sites (tertiary alicyclic amines) is 1. The number of nitrogens with one attached hydrogen (secondary N) is 1. The Labute approximate surface area is 206 Å². The average Bonchev–Trinajstić information content (AvgIpc) is 3.29. The van der Waals surface area contributed by atoms with Crippen molar-refractivity contribution in [3.8, 4) is 22.9 Å². The molecule has 35 heavy (non-hydrogen) atoms. The van der Waals surface area contributed by atoms with Gasteiger partial charge in [0.25, 0.3) is 0 Å². The van der Waals surface area contributed by atoms with Crippen LogP contribution in [-0.2, 0) is 16.1 Å². The number of fused-ring (bicyclic) bond motifs is 2. The van der Waals surface area contributed by atoms with E-state index in [1.165, 1.54) is 16.2 Å². The number of rotatable bonds is 5. The van der Waals surface area contributed by atoms with E-state index >= 15 is 0 Å². The number of amides is 2. The van der Waals surface area contributed by atoms with E-state index in [1.54, 1.807) is 12.3 Å². The molecular formula is C26H25N5O3S. The molecule has 8 nitrogen and oxygen atoms in total. The highest BCUT2D eigenvalue weighted by Gasteiger charge is 2.72. The average molecular weight is 488 g/mol. The fourth-order valence-corrected chi connectivity index (χ4v) is 6.69. The molecule has 2 amide bonds. The zero-order valence-corrected chi connectivity index (χ0v) is 20.6. The molecule has 0 radical (unpaired) electrons. The van der Waals surface area contributed by atoms with Gasteiger partial charge >= 0.3 is 0 Å². The summed E-state index contributed by atoms with van der Waals surface area (Å²) in [5.74, 6) is 0.159. The van der Waals surface area contributed by atoms with E-state index in [-0.39, 0.29) is 41.7 Å². The molecule has 9 heteroatoms. The summed E-state index contributed by atoms with van der Waals surface area (Å²) >= 11 is 1.52. The zero-order chi connectivity index (χ0) is 24.5. The normalized spacial score (nSPS) is 24.6. The van der Waals surface area contributed by atoms with Crippen LogP contribution in [0.25, 0.3) is 21.3 Å². The number of hydrogen-bond acceptors (Lipinski definition) is 8. The SMILES string of the molecule is Cc1nc(C#N)cc(-c2ccnc3cc(CN4C(=O)C5C(C4=O)C5(C)C)sc23)c1O[C@H]1CCNC1. The highest BCUT2D eigenvalue weighted by molar-refractivity contribution is 7.19. The Morgan fingerprint density at radius 3 is 2.71 bits per heavy atom. The lowest BCUT2D eigenvalue weighted by atomic mass is 10.0. The van der Waals surface area contributed by atoms with Crippen LogP contribution in [0, 0.1) is 35.5 Å². The van der Waals surface area contributed by atoms with Gasteiger partial charge in [0, 0.05) is 28.7 Å². The molecule has 178 valence electrons. The zero-order valence-electron chi connectivity index (χ0n) is 19.8. The smallest absolute Gasteiger partial charge is 0.234 e. The number of nitriles is 1. The predicted molar refractivity (Wildman–Crippen MR) is 131 cm³/mol. The number of imide groups is 1. The van der Waals surface area contributed by atoms with Gasteiger partial charge in [0.15, 0.2) is 0 Å². The van der Waals surface area contributed by atoms with Gasteiger partial charge in [-0.25, -0.2) is 4.98 Å². The van der Waals surface area contributed by atoms with Gasteiger partial charge in [-0.05, 0) is 43.5 Å². The number of piperidine rings is 1. The lowest BCUT2D eigenvalue weighted by Crippen LogP contribution is -2.35. The largest absolute Gasteiger partial charge is 0.486 e. The molecule has 2 aliphatic heterocycles. The minimum atomic E-state index is -0.220. The number of aromatic nitrogens is 2. The summed E-state index contributed by atoms with van der Waals surface area (Å²) in [5.41, 5.74) is 3.26. The summed E-state index contributed by atoms with van der Waals surface area (Å²) in [5, 5.41) is 12.9. The fraction of sp³-hybridized carbons (Fsp3) is 0.423. The Kier molecular flexibility index (Phi) is 4.95. The lowest BCUT2D eigenvalue weighted by Gasteiger charge is -2.19. The quantitative estimate of drug-likeness (QED) is 0.549. The van der Waals surface area contributed by atoms with Crippen molar-refractivity contribution in [2.45, 2.75) is 39.8 Å². The van der Waals surface area contributed by atoms with Crippen molar-refractivity contribution in [1.29, 1.82) is 5.26 Å². The second kappa shape index (κ2) is 7.83. The molecule has 0 spiro atoms. The lowest BCUT2D eigenvalue weighted by molar-refractivity contribution is -0.143. The first-order chi connectivity index (χ1) is 16.8. The molecule has 3 aromatic heterocycles. The molecule has 2 unspecified atom stereocenters. The van der Waals surface area contributed by atoms with Crippen molar-refractivity contribution >= 4 is 33.4 Å². The third kappa shape index (κ3) is 3.43. The molecular weight excluding hydrogens is 462 g/mol. The van der Waals surface area contributed by atoms with Gasteiger partial charge in [-0.3, -0.25) is 19.5 Å². The van der Waals surface area contributed by atoms with Crippen molar-refractivity contribution in [1.82, 2.24) is 20.2 Å². The van der Waals surface area contributed by atoms with Crippen molar-refractivity contribution in [2.24, 2.45) is 17.3 Å². The van der Waals surface area contributed by atoms with Crippen LogP contribution in [0.5, 0.6) is 5.75 Å². The predicted octanol–water partition coefficient (Wildman–Crippen LogP) is 3.42. The molecule has 0 aromatic carbocycles. The van der Waals surface area contributed by atoms with Crippen molar-refractivity contribution < 1.29 is 14.3 Å². The van der Waals surface area contributed by atoms with E-state index in [4.69, 9.17) is 4.74 Å². The summed E-state index contributed by atoms with van der Waals surface area (Å²) in [6.45, 7) is 7.76. The molecule has 5 heterocycles. The number of nitrogens with zero attached hydrogens (tertiary/aromatic N) is 4. The Hall–Kier alpha value is -3.35. The molecule has 1 N–H and O–H groups in total. The van der Waals surface area contributed by atoms with Crippen LogP contribution in [0.2, 0.25) is 0 Å². The minimum Gasteiger partial charge on any atom is -0.486 e. The topological polar surface area (TPSA) is 108 Å². The van der Waals surface area contributed by atoms with Crippen LogP contribution in [0.1, 0.15) is 36.5 Å². The molecule has 3 aromatic rings. The van der Waals surface area contributed by atoms with Crippen LogP contribution in [0.4, 0.5) is 0 Å². The van der Waals surface area contributed by atoms with E-state index in [9.17, 15) is 14.9 Å². The van der Waals surface area contributed by atoms with Gasteiger partial charge in [0.1, 0.15) is 23.6 Å². The molecule has 3 fully saturated rings. The van der Waals surface area contributed by atoms with Crippen molar-refractivity contribution in [3.05, 3.63) is 40.7 Å². The van der Waals surface area contributed by atoms with Gasteiger partial charge in [0.05, 0.1) is 34.3 Å². The number of carbonyl (C=O) groups excluding carboxylic acids is 2. The number of aryl methyl sites for hydroxylation is 1. The van der Waals surface area contributed by atoms with Crippen LogP contribution >= 0.6 is 11.3 Å². The highest BCUT2D eigenvalue weighted by Crippen LogP contribution is 2.63. The molecule has 1 aliphatic carbocycles. The van der Waals surface area contributed by atoms with Crippen LogP contribution in [0.15, 0.2) is 24.4 Å². The molecule has 6 rings (SSSR count). The highest BCUT2D eigenvalue weighted by atomic mass is 32.1. The number of carbonyl (C=O) groups is 2. The van der Waals surface area contributed by atoms with Crippen LogP contribution in [-0.4, -0.2) is 45.9 Å². The van der Waals surface area contributed by atoms with E-state index in [0.717, 1.165) is 45.7 Å². The second-order valence-corrected chi connectivity index (χ2v) is 11.3. The van der Waals surface area contributed by atoms with Crippen molar-refractivity contribution in [2.75, 3.05) is 13.1 Å². The summed E-state index contributed by atoms with van der Waals surface area (Å²) < 4.78 is 7.30. The Balaban J connectivity index is 1.38. The van der Waals surface area contributed by atoms with Crippen LogP contribution in [0.3, 0.4) is 0 Å². The number of pyridine rings is 2. The van der Waals surface area contributed by atoms with Crippen LogP contribution < -0.4 is 10.1 Å². The first-order valence-electron chi connectivity index (χ1n) is 11.8. The summed E-state index contributed by atoms with van der Waals surface area (Å²) in [6, 6.07) is 7.78. The molecule has 3 aliphatic rings. The van der Waals surface area contributed by atoms with E-state index < -0.39 is 0 Å². The molecule has 1 saturated carbocycles. The summed E-state index contributed by atoms with van der Waals surface area (Å²) in [7, 11) is 0. The van der Waals surface area contributed by atoms with Gasteiger partial charge < -0.3 is 10.1 Å². The maximum atomic E-state index is 12.8. The fourth-order valence-electron chi connectivity index (χ4n) is 5.56. The third-order valence-electron chi connectivity index (χ3n) is 7.52. The van der Waals surface area contributed by atoms with E-state index in [2.05, 4.69) is 21.4 Å². The van der Waals surface area contributed by atoms with Crippen molar-refractivity contribution in [3.63, 3.8) is 0 Å². The van der Waals surface area contributed by atoms with Gasteiger partial charge in [-0.1, -0.05) is 13.8 Å². The maximum absolute atomic E-state index is 12.8. The second-order valence-electron chi connectivity index (χ2n) is 10.1. The van der Waals surface area contributed by atoms with Gasteiger partial charge in [-0.2, -0.15) is 5.26 Å². The number of thiophene rings is 1. The first-order valence-corrected chi connectivity index (χ1v) is 12.6. The molecule has 0 bridgehead atoms. The number of hydrogen-bond donors (Lipinski definition) is 1. The standard InChI is InChI=1S/C26H25N5O3S/c1-13-22(34-15-4-6-28-11-15)18(8-14(10-27)30-13)17-5-7-29-19-9-16(35-23(17)19)12-31-24(32)20-21(25(31)33)26(20,2)3/h5,7-9,15,20-21,28H,4,6,11-12H2,1-3H3/t15-,20?,21?/m0/s1. The monoisotopic (exact) mass is 487 g/mol. The summed E-state index contributed by atoms with van der Waals surface area (Å²) in [4.78, 5) is 36.9. The molecule has 3 atom stereocenters. The Morgan fingerprint density at radius 1 is 1.26 bits per heavy atom. The minimum absolute atomic E-state index is 0.0429. The van der Waals surface area contributed by atoms with E-state index in [0.29, 0.717) is 17.1 Å². The van der Waals surface area contributed by atoms with Gasteiger partial charge in [-0.15, -0.1) is 11.3 Å². The third-order valence-corrected chi connectivity index (χ3v) is 8.66. The first kappa shape index (κ1) is 22.1.